The van der Waals surface area contributed by atoms with E-state index in [2.05, 4.69) is 4.98 Å². The molecule has 1 amide bonds. The summed E-state index contributed by atoms with van der Waals surface area (Å²) in [5.74, 6) is 0.161. The van der Waals surface area contributed by atoms with Crippen LogP contribution in [-0.2, 0) is 0 Å². The molecule has 0 aliphatic rings. The van der Waals surface area contributed by atoms with Crippen molar-refractivity contribution in [2.45, 2.75) is 0 Å². The molecule has 0 spiro atoms. The van der Waals surface area contributed by atoms with Crippen LogP contribution in [0.5, 0.6) is 11.6 Å². The van der Waals surface area contributed by atoms with Gasteiger partial charge in [0, 0.05) is 23.2 Å². The molecule has 21 heavy (non-hydrogen) atoms. The zero-order valence-corrected chi connectivity index (χ0v) is 10.8. The van der Waals surface area contributed by atoms with Crippen molar-refractivity contribution >= 4 is 23.2 Å². The van der Waals surface area contributed by atoms with Crippen LogP contribution in [0.4, 0.5) is 0 Å². The van der Waals surface area contributed by atoms with Gasteiger partial charge in [-0.05, 0) is 24.3 Å². The van der Waals surface area contributed by atoms with Crippen LogP contribution in [0.15, 0.2) is 47.2 Å². The van der Waals surface area contributed by atoms with Gasteiger partial charge in [0.1, 0.15) is 0 Å². The van der Waals surface area contributed by atoms with Crippen molar-refractivity contribution in [3.63, 3.8) is 0 Å². The molecule has 2 N–H and O–H groups in total. The number of benzene rings is 1. The molecule has 0 saturated carbocycles. The second-order valence-corrected chi connectivity index (χ2v) is 4.29. The summed E-state index contributed by atoms with van der Waals surface area (Å²) in [6.45, 7) is 0. The molecular formula is C15H10N2O4. The predicted octanol–water partition coefficient (Wildman–Crippen LogP) is 2.53. The van der Waals surface area contributed by atoms with Gasteiger partial charge in [-0.25, -0.2) is 4.98 Å². The van der Waals surface area contributed by atoms with Crippen molar-refractivity contribution in [1.82, 2.24) is 4.98 Å². The molecule has 1 aromatic carbocycles. The van der Waals surface area contributed by atoms with Crippen LogP contribution in [0.3, 0.4) is 0 Å². The molecule has 0 saturated heterocycles. The first-order valence-electron chi connectivity index (χ1n) is 6.08. The smallest absolute Gasteiger partial charge is 0.250 e. The van der Waals surface area contributed by atoms with Crippen molar-refractivity contribution < 1.29 is 18.7 Å². The molecule has 0 aliphatic carbocycles. The summed E-state index contributed by atoms with van der Waals surface area (Å²) >= 11 is 0. The lowest BCUT2D eigenvalue weighted by atomic mass is 10.1. The van der Waals surface area contributed by atoms with Gasteiger partial charge in [-0.15, -0.1) is 0 Å². The number of carbonyl (C=O) groups excluding carboxylic acids is 2. The summed E-state index contributed by atoms with van der Waals surface area (Å²) in [5, 5.41) is 0.663. The zero-order valence-electron chi connectivity index (χ0n) is 10.8. The Morgan fingerprint density at radius 1 is 1.24 bits per heavy atom. The van der Waals surface area contributed by atoms with Crippen molar-refractivity contribution in [1.29, 1.82) is 0 Å². The van der Waals surface area contributed by atoms with Crippen LogP contribution in [0.1, 0.15) is 20.7 Å². The molecule has 104 valence electrons. The predicted molar refractivity (Wildman–Crippen MR) is 74.4 cm³/mol. The summed E-state index contributed by atoms with van der Waals surface area (Å²) in [7, 11) is 0. The maximum atomic E-state index is 11.0. The summed E-state index contributed by atoms with van der Waals surface area (Å²) < 4.78 is 11.0. The third-order valence-electron chi connectivity index (χ3n) is 2.98. The normalized spacial score (nSPS) is 10.5. The Morgan fingerprint density at radius 2 is 2.10 bits per heavy atom. The molecule has 3 rings (SSSR count). The number of aldehydes is 1. The highest BCUT2D eigenvalue weighted by molar-refractivity contribution is 5.98. The molecule has 0 radical (unpaired) electrons. The molecule has 0 bridgehead atoms. The minimum atomic E-state index is -0.558. The van der Waals surface area contributed by atoms with E-state index in [1.54, 1.807) is 18.2 Å². The molecule has 0 aliphatic heterocycles. The number of carbonyl (C=O) groups is 2. The Labute approximate surface area is 119 Å². The highest BCUT2D eigenvalue weighted by atomic mass is 16.5. The first-order valence-corrected chi connectivity index (χ1v) is 6.08. The lowest BCUT2D eigenvalue weighted by Gasteiger charge is -2.06. The maximum Gasteiger partial charge on any atom is 0.250 e. The third-order valence-corrected chi connectivity index (χ3v) is 2.98. The van der Waals surface area contributed by atoms with Crippen molar-refractivity contribution in [3.05, 3.63) is 53.9 Å². The minimum Gasteiger partial charge on any atom is -0.460 e. The Morgan fingerprint density at radius 3 is 2.76 bits per heavy atom. The number of aromatic nitrogens is 1. The number of amides is 1. The van der Waals surface area contributed by atoms with Crippen LogP contribution in [0, 0.1) is 0 Å². The van der Waals surface area contributed by atoms with Gasteiger partial charge in [-0.2, -0.15) is 0 Å². The molecule has 3 aromatic rings. The highest BCUT2D eigenvalue weighted by Crippen LogP contribution is 2.31. The first-order chi connectivity index (χ1) is 10.2. The largest absolute Gasteiger partial charge is 0.460 e. The summed E-state index contributed by atoms with van der Waals surface area (Å²) in [6.07, 6.45) is 3.56. The van der Waals surface area contributed by atoms with Crippen LogP contribution >= 0.6 is 0 Å². The second kappa shape index (κ2) is 5.09. The Balaban J connectivity index is 1.96. The molecule has 0 fully saturated rings. The van der Waals surface area contributed by atoms with E-state index < -0.39 is 5.91 Å². The second-order valence-electron chi connectivity index (χ2n) is 4.29. The van der Waals surface area contributed by atoms with E-state index in [4.69, 9.17) is 14.9 Å². The topological polar surface area (TPSA) is 95.4 Å². The molecular weight excluding hydrogens is 272 g/mol. The van der Waals surface area contributed by atoms with E-state index in [0.29, 0.717) is 27.8 Å². The van der Waals surface area contributed by atoms with E-state index in [1.165, 1.54) is 24.6 Å². The summed E-state index contributed by atoms with van der Waals surface area (Å²) in [4.78, 5) is 25.9. The highest BCUT2D eigenvalue weighted by Gasteiger charge is 2.11. The molecule has 0 atom stereocenters. The lowest BCUT2D eigenvalue weighted by molar-refractivity contribution is 0.0999. The van der Waals surface area contributed by atoms with Crippen molar-refractivity contribution in [2.75, 3.05) is 0 Å². The fraction of sp³-hybridized carbons (Fsp3) is 0. The lowest BCUT2D eigenvalue weighted by Crippen LogP contribution is -2.10. The van der Waals surface area contributed by atoms with Gasteiger partial charge < -0.3 is 14.9 Å². The number of furan rings is 1. The molecule has 0 unspecified atom stereocenters. The van der Waals surface area contributed by atoms with Crippen LogP contribution in [0.2, 0.25) is 0 Å². The monoisotopic (exact) mass is 282 g/mol. The third kappa shape index (κ3) is 2.34. The van der Waals surface area contributed by atoms with Gasteiger partial charge in [-0.3, -0.25) is 9.59 Å². The number of pyridine rings is 1. The van der Waals surface area contributed by atoms with E-state index in [-0.39, 0.29) is 5.88 Å². The quantitative estimate of drug-likeness (QED) is 0.742. The average Bonchev–Trinajstić information content (AvgIpc) is 2.98. The minimum absolute atomic E-state index is 0.288. The fourth-order valence-electron chi connectivity index (χ4n) is 1.94. The van der Waals surface area contributed by atoms with Gasteiger partial charge in [-0.1, -0.05) is 0 Å². The van der Waals surface area contributed by atoms with Gasteiger partial charge in [0.25, 0.3) is 0 Å². The number of primary amides is 1. The maximum absolute atomic E-state index is 11.0. The van der Waals surface area contributed by atoms with E-state index in [1.807, 2.05) is 0 Å². The summed E-state index contributed by atoms with van der Waals surface area (Å²) in [6, 6.07) is 8.00. The summed E-state index contributed by atoms with van der Waals surface area (Å²) in [5.41, 5.74) is 6.41. The first kappa shape index (κ1) is 12.9. The Hall–Kier alpha value is -3.15. The average molecular weight is 282 g/mol. The van der Waals surface area contributed by atoms with Crippen LogP contribution in [-0.4, -0.2) is 17.2 Å². The van der Waals surface area contributed by atoms with E-state index in [0.717, 1.165) is 6.29 Å². The number of nitrogens with two attached hydrogens (primary N) is 1. The van der Waals surface area contributed by atoms with E-state index in [9.17, 15) is 9.59 Å². The Bertz CT molecular complexity index is 821. The number of hydrogen-bond donors (Lipinski definition) is 1. The zero-order chi connectivity index (χ0) is 14.8. The van der Waals surface area contributed by atoms with E-state index >= 15 is 0 Å². The van der Waals surface area contributed by atoms with Gasteiger partial charge in [0.2, 0.25) is 11.8 Å². The van der Waals surface area contributed by atoms with Gasteiger partial charge >= 0.3 is 0 Å². The van der Waals surface area contributed by atoms with Crippen LogP contribution < -0.4 is 10.5 Å². The fourth-order valence-corrected chi connectivity index (χ4v) is 1.94. The molecule has 2 aromatic heterocycles. The molecule has 6 heteroatoms. The Kier molecular flexibility index (Phi) is 3.12. The van der Waals surface area contributed by atoms with Gasteiger partial charge in [0.05, 0.1) is 11.8 Å². The number of ether oxygens (including phenoxy) is 1. The van der Waals surface area contributed by atoms with Crippen molar-refractivity contribution in [3.8, 4) is 11.6 Å². The molecule has 6 nitrogen and oxygen atoms in total. The number of fused-ring (bicyclic) bond motifs is 1. The van der Waals surface area contributed by atoms with Crippen LogP contribution in [0.25, 0.3) is 11.0 Å². The SMILES string of the molecule is NC(=O)c1ccc(Oc2ccc(C=O)c3ccoc23)nc1. The number of hydrogen-bond acceptors (Lipinski definition) is 5. The van der Waals surface area contributed by atoms with Gasteiger partial charge in [0.15, 0.2) is 17.6 Å². The standard InChI is InChI=1S/C15H10N2O4/c16-15(19)9-2-4-13(17-7-9)21-12-3-1-10(8-18)11-5-6-20-14(11)12/h1-8H,(H2,16,19). The number of nitrogens with zero attached hydrogens (tertiary/aromatic N) is 1. The number of rotatable bonds is 4. The van der Waals surface area contributed by atoms with Crippen molar-refractivity contribution in [2.24, 2.45) is 5.73 Å². The molecule has 2 heterocycles.